The van der Waals surface area contributed by atoms with Gasteiger partial charge in [-0.1, -0.05) is 12.1 Å². The molecule has 1 aromatic carbocycles. The van der Waals surface area contributed by atoms with E-state index in [0.29, 0.717) is 18.0 Å². The summed E-state index contributed by atoms with van der Waals surface area (Å²) in [6, 6.07) is 5.64. The van der Waals surface area contributed by atoms with Gasteiger partial charge >= 0.3 is 0 Å². The van der Waals surface area contributed by atoms with E-state index < -0.39 is 6.10 Å². The molecule has 0 spiro atoms. The lowest BCUT2D eigenvalue weighted by atomic mass is 10.2. The van der Waals surface area contributed by atoms with E-state index in [1.54, 1.807) is 6.08 Å². The Bertz CT molecular complexity index is 442. The molecule has 1 aromatic rings. The predicted molar refractivity (Wildman–Crippen MR) is 64.3 cm³/mol. The normalized spacial score (nSPS) is 17.4. The minimum absolute atomic E-state index is 0.184. The van der Waals surface area contributed by atoms with Crippen molar-refractivity contribution in [1.82, 2.24) is 5.32 Å². The summed E-state index contributed by atoms with van der Waals surface area (Å²) in [6.45, 7) is 6.18. The van der Waals surface area contributed by atoms with Gasteiger partial charge in [0.05, 0.1) is 0 Å². The first-order valence-electron chi connectivity index (χ1n) is 5.49. The second kappa shape index (κ2) is 4.91. The number of hydrogen-bond donors (Lipinski definition) is 1. The first-order valence-corrected chi connectivity index (χ1v) is 5.49. The molecule has 1 amide bonds. The number of carbonyl (C=O) groups excluding carboxylic acids is 1. The van der Waals surface area contributed by atoms with Gasteiger partial charge in [-0.2, -0.15) is 0 Å². The molecule has 0 aliphatic carbocycles. The molecule has 1 aliphatic rings. The topological polar surface area (TPSA) is 47.6 Å². The molecule has 1 aliphatic heterocycles. The number of nitrogens with one attached hydrogen (secondary N) is 1. The molecule has 1 unspecified atom stereocenters. The van der Waals surface area contributed by atoms with Crippen LogP contribution in [-0.2, 0) is 4.79 Å². The molecule has 90 valence electrons. The highest BCUT2D eigenvalue weighted by Gasteiger charge is 2.26. The van der Waals surface area contributed by atoms with Gasteiger partial charge in [0, 0.05) is 6.54 Å². The van der Waals surface area contributed by atoms with E-state index in [-0.39, 0.29) is 12.5 Å². The van der Waals surface area contributed by atoms with E-state index in [2.05, 4.69) is 11.9 Å². The molecule has 1 atom stereocenters. The maximum absolute atomic E-state index is 11.7. The maximum Gasteiger partial charge on any atom is 0.264 e. The summed E-state index contributed by atoms with van der Waals surface area (Å²) in [5.41, 5.74) is 1.10. The molecule has 1 N–H and O–H groups in total. The average molecular weight is 233 g/mol. The second-order valence-corrected chi connectivity index (χ2v) is 3.90. The third-order valence-corrected chi connectivity index (χ3v) is 2.47. The summed E-state index contributed by atoms with van der Waals surface area (Å²) in [5, 5.41) is 2.68. The summed E-state index contributed by atoms with van der Waals surface area (Å²) < 4.78 is 11.1. The molecule has 17 heavy (non-hydrogen) atoms. The Morgan fingerprint density at radius 2 is 2.41 bits per heavy atom. The highest BCUT2D eigenvalue weighted by atomic mass is 16.6. The molecule has 4 heteroatoms. The van der Waals surface area contributed by atoms with Gasteiger partial charge in [-0.05, 0) is 24.6 Å². The zero-order valence-electron chi connectivity index (χ0n) is 9.73. The van der Waals surface area contributed by atoms with E-state index in [1.165, 1.54) is 0 Å². The number of ether oxygens (including phenoxy) is 2. The number of rotatable bonds is 3. The van der Waals surface area contributed by atoms with Crippen molar-refractivity contribution in [3.8, 4) is 11.5 Å². The molecule has 0 aromatic heterocycles. The molecule has 2 rings (SSSR count). The van der Waals surface area contributed by atoms with Gasteiger partial charge in [0.15, 0.2) is 11.5 Å². The number of fused-ring (bicyclic) bond motifs is 1. The van der Waals surface area contributed by atoms with E-state index >= 15 is 0 Å². The number of carbonyl (C=O) groups is 1. The summed E-state index contributed by atoms with van der Waals surface area (Å²) in [7, 11) is 0. The Labute approximate surface area is 100 Å². The van der Waals surface area contributed by atoms with Crippen molar-refractivity contribution in [2.24, 2.45) is 0 Å². The highest BCUT2D eigenvalue weighted by Crippen LogP contribution is 2.32. The number of amides is 1. The van der Waals surface area contributed by atoms with Gasteiger partial charge in [0.2, 0.25) is 6.10 Å². The van der Waals surface area contributed by atoms with Crippen LogP contribution in [0.5, 0.6) is 11.5 Å². The van der Waals surface area contributed by atoms with Gasteiger partial charge in [-0.15, -0.1) is 6.58 Å². The summed E-state index contributed by atoms with van der Waals surface area (Å²) in [4.78, 5) is 11.7. The van der Waals surface area contributed by atoms with E-state index in [0.717, 1.165) is 5.56 Å². The molecule has 1 heterocycles. The number of benzene rings is 1. The van der Waals surface area contributed by atoms with Crippen molar-refractivity contribution in [3.63, 3.8) is 0 Å². The monoisotopic (exact) mass is 233 g/mol. The molecular formula is C13H15NO3. The van der Waals surface area contributed by atoms with Gasteiger partial charge < -0.3 is 14.8 Å². The van der Waals surface area contributed by atoms with Crippen molar-refractivity contribution in [2.75, 3.05) is 13.2 Å². The van der Waals surface area contributed by atoms with E-state index in [4.69, 9.17) is 9.47 Å². The van der Waals surface area contributed by atoms with Crippen molar-refractivity contribution in [2.45, 2.75) is 13.0 Å². The van der Waals surface area contributed by atoms with Gasteiger partial charge in [0.25, 0.3) is 5.91 Å². The molecule has 0 fully saturated rings. The van der Waals surface area contributed by atoms with Crippen LogP contribution in [-0.4, -0.2) is 25.2 Å². The third kappa shape index (κ3) is 2.58. The summed E-state index contributed by atoms with van der Waals surface area (Å²) >= 11 is 0. The van der Waals surface area contributed by atoms with Crippen LogP contribution < -0.4 is 14.8 Å². The SMILES string of the molecule is C=CCNC(=O)C1COc2cc(C)ccc2O1. The predicted octanol–water partition coefficient (Wildman–Crippen LogP) is 1.44. The molecule has 4 nitrogen and oxygen atoms in total. The minimum atomic E-state index is -0.592. The van der Waals surface area contributed by atoms with Crippen LogP contribution in [0.4, 0.5) is 0 Å². The number of hydrogen-bond acceptors (Lipinski definition) is 3. The lowest BCUT2D eigenvalue weighted by Crippen LogP contribution is -2.44. The Kier molecular flexibility index (Phi) is 3.32. The zero-order chi connectivity index (χ0) is 12.3. The standard InChI is InChI=1S/C13H15NO3/c1-3-6-14-13(15)12-8-16-11-7-9(2)4-5-10(11)17-12/h3-5,7,12H,1,6,8H2,2H3,(H,14,15). The zero-order valence-corrected chi connectivity index (χ0v) is 9.73. The van der Waals surface area contributed by atoms with Gasteiger partial charge in [-0.3, -0.25) is 4.79 Å². The van der Waals surface area contributed by atoms with Crippen LogP contribution >= 0.6 is 0 Å². The van der Waals surface area contributed by atoms with E-state index in [1.807, 2.05) is 25.1 Å². The molecule has 0 bridgehead atoms. The minimum Gasteiger partial charge on any atom is -0.485 e. The van der Waals surface area contributed by atoms with Crippen LogP contribution in [0.3, 0.4) is 0 Å². The summed E-state index contributed by atoms with van der Waals surface area (Å²) in [6.07, 6.45) is 1.03. The molecule has 0 radical (unpaired) electrons. The molecule has 0 saturated carbocycles. The average Bonchev–Trinajstić information content (AvgIpc) is 2.35. The van der Waals surface area contributed by atoms with Crippen LogP contribution in [0.25, 0.3) is 0 Å². The van der Waals surface area contributed by atoms with Crippen molar-refractivity contribution in [3.05, 3.63) is 36.4 Å². The quantitative estimate of drug-likeness (QED) is 0.803. The first kappa shape index (κ1) is 11.5. The fourth-order valence-corrected chi connectivity index (χ4v) is 1.59. The summed E-state index contributed by atoms with van der Waals surface area (Å²) in [5.74, 6) is 1.12. The largest absolute Gasteiger partial charge is 0.485 e. The fraction of sp³-hybridized carbons (Fsp3) is 0.308. The lowest BCUT2D eigenvalue weighted by Gasteiger charge is -2.25. The van der Waals surface area contributed by atoms with E-state index in [9.17, 15) is 4.79 Å². The molecular weight excluding hydrogens is 218 g/mol. The van der Waals surface area contributed by atoms with Crippen molar-refractivity contribution in [1.29, 1.82) is 0 Å². The lowest BCUT2D eigenvalue weighted by molar-refractivity contribution is -0.130. The van der Waals surface area contributed by atoms with Crippen LogP contribution in [0.1, 0.15) is 5.56 Å². The second-order valence-electron chi connectivity index (χ2n) is 3.90. The van der Waals surface area contributed by atoms with Crippen molar-refractivity contribution >= 4 is 5.91 Å². The fourth-order valence-electron chi connectivity index (χ4n) is 1.59. The highest BCUT2D eigenvalue weighted by molar-refractivity contribution is 5.81. The van der Waals surface area contributed by atoms with Crippen molar-refractivity contribution < 1.29 is 14.3 Å². The smallest absolute Gasteiger partial charge is 0.264 e. The van der Waals surface area contributed by atoms with Crippen LogP contribution in [0, 0.1) is 6.92 Å². The first-order chi connectivity index (χ1) is 8.20. The van der Waals surface area contributed by atoms with Gasteiger partial charge in [-0.25, -0.2) is 0 Å². The number of aryl methyl sites for hydroxylation is 1. The Morgan fingerprint density at radius 1 is 1.59 bits per heavy atom. The molecule has 0 saturated heterocycles. The third-order valence-electron chi connectivity index (χ3n) is 2.47. The Morgan fingerprint density at radius 3 is 3.18 bits per heavy atom. The maximum atomic E-state index is 11.7. The Hall–Kier alpha value is -1.97. The van der Waals surface area contributed by atoms with Crippen LogP contribution in [0.15, 0.2) is 30.9 Å². The van der Waals surface area contributed by atoms with Gasteiger partial charge in [0.1, 0.15) is 6.61 Å². The van der Waals surface area contributed by atoms with Crippen LogP contribution in [0.2, 0.25) is 0 Å². The Balaban J connectivity index is 2.05.